The van der Waals surface area contributed by atoms with Gasteiger partial charge >= 0.3 is 0 Å². The maximum Gasteiger partial charge on any atom is 0.257 e. The summed E-state index contributed by atoms with van der Waals surface area (Å²) in [5.74, 6) is -0.177. The zero-order valence-electron chi connectivity index (χ0n) is 9.35. The van der Waals surface area contributed by atoms with Gasteiger partial charge in [-0.3, -0.25) is 14.6 Å². The molecule has 0 fully saturated rings. The summed E-state index contributed by atoms with van der Waals surface area (Å²) in [5, 5.41) is -0.355. The summed E-state index contributed by atoms with van der Waals surface area (Å²) in [7, 11) is -3.55. The van der Waals surface area contributed by atoms with Crippen molar-refractivity contribution in [2.24, 2.45) is 0 Å². The molecule has 17 heavy (non-hydrogen) atoms. The highest BCUT2D eigenvalue weighted by Crippen LogP contribution is 2.18. The van der Waals surface area contributed by atoms with Gasteiger partial charge in [-0.2, -0.15) is 0 Å². The molecule has 0 saturated heterocycles. The number of H-pyrrole nitrogens is 1. The van der Waals surface area contributed by atoms with E-state index in [-0.39, 0.29) is 24.2 Å². The zero-order chi connectivity index (χ0) is 12.8. The van der Waals surface area contributed by atoms with Gasteiger partial charge in [-0.25, -0.2) is 13.4 Å². The van der Waals surface area contributed by atoms with Crippen molar-refractivity contribution in [3.8, 4) is 0 Å². The van der Waals surface area contributed by atoms with E-state index < -0.39 is 15.4 Å². The quantitative estimate of drug-likeness (QED) is 0.653. The molecule has 0 bridgehead atoms. The fourth-order valence-electron chi connectivity index (χ4n) is 1.64. The van der Waals surface area contributed by atoms with Crippen molar-refractivity contribution in [1.82, 2.24) is 14.9 Å². The fraction of sp³-hybridized carbons (Fsp3) is 0.444. The third-order valence-corrected chi connectivity index (χ3v) is 3.46. The van der Waals surface area contributed by atoms with E-state index in [1.54, 1.807) is 0 Å². The molecule has 1 aromatic heterocycles. The van der Waals surface area contributed by atoms with E-state index in [2.05, 4.69) is 9.97 Å². The number of amides is 1. The third-order valence-electron chi connectivity index (χ3n) is 2.57. The molecule has 7 nitrogen and oxygen atoms in total. The minimum absolute atomic E-state index is 0.177. The summed E-state index contributed by atoms with van der Waals surface area (Å²) in [6, 6.07) is 0. The van der Waals surface area contributed by atoms with Crippen LogP contribution in [0.5, 0.6) is 0 Å². The Bertz CT molecular complexity index is 647. The number of aromatic amines is 1. The van der Waals surface area contributed by atoms with Crippen LogP contribution < -0.4 is 5.56 Å². The second-order valence-electron chi connectivity index (χ2n) is 3.94. The van der Waals surface area contributed by atoms with E-state index in [9.17, 15) is 18.0 Å². The first kappa shape index (κ1) is 11.8. The van der Waals surface area contributed by atoms with E-state index in [1.807, 2.05) is 0 Å². The monoisotopic (exact) mass is 257 g/mol. The molecule has 0 aliphatic carbocycles. The molecule has 0 saturated carbocycles. The van der Waals surface area contributed by atoms with Gasteiger partial charge in [0.1, 0.15) is 0 Å². The maximum atomic E-state index is 11.6. The van der Waals surface area contributed by atoms with Crippen LogP contribution in [-0.2, 0) is 27.7 Å². The Morgan fingerprint density at radius 2 is 2.06 bits per heavy atom. The van der Waals surface area contributed by atoms with Crippen molar-refractivity contribution in [2.45, 2.75) is 25.2 Å². The molecule has 92 valence electrons. The molecule has 0 aromatic carbocycles. The largest absolute Gasteiger partial charge is 0.332 e. The summed E-state index contributed by atoms with van der Waals surface area (Å²) in [6.45, 7) is 1.74. The first-order valence-electron chi connectivity index (χ1n) is 4.86. The number of carbonyl (C=O) groups excluding carboxylic acids is 1. The molecule has 1 aromatic rings. The predicted octanol–water partition coefficient (Wildman–Crippen LogP) is -0.964. The van der Waals surface area contributed by atoms with Gasteiger partial charge in [0, 0.05) is 13.2 Å². The van der Waals surface area contributed by atoms with Gasteiger partial charge < -0.3 is 4.90 Å². The molecule has 2 rings (SSSR count). The Hall–Kier alpha value is -1.70. The van der Waals surface area contributed by atoms with Crippen LogP contribution in [0.15, 0.2) is 9.95 Å². The van der Waals surface area contributed by atoms with E-state index in [1.165, 1.54) is 11.8 Å². The van der Waals surface area contributed by atoms with Crippen molar-refractivity contribution in [3.05, 3.63) is 21.6 Å². The molecule has 8 heteroatoms. The van der Waals surface area contributed by atoms with Crippen molar-refractivity contribution < 1.29 is 13.2 Å². The van der Waals surface area contributed by atoms with Gasteiger partial charge in [0.15, 0.2) is 0 Å². The molecule has 2 heterocycles. The highest BCUT2D eigenvalue weighted by Gasteiger charge is 2.27. The standard InChI is InChI=1S/C9H11N3O4S/c1-5(13)12-3-6-7(4-12)10-9(11-8(6)14)17(2,15)16/h3-4H2,1-2H3,(H,10,11,14). The smallest absolute Gasteiger partial charge is 0.257 e. The minimum atomic E-state index is -3.55. The van der Waals surface area contributed by atoms with E-state index >= 15 is 0 Å². The Morgan fingerprint density at radius 3 is 2.59 bits per heavy atom. The van der Waals surface area contributed by atoms with Gasteiger partial charge in [-0.05, 0) is 0 Å². The van der Waals surface area contributed by atoms with Gasteiger partial charge in [0.25, 0.3) is 5.56 Å². The molecule has 0 atom stereocenters. The lowest BCUT2D eigenvalue weighted by molar-refractivity contribution is -0.129. The number of hydrogen-bond donors (Lipinski definition) is 1. The molecule has 1 aliphatic rings. The maximum absolute atomic E-state index is 11.6. The fourth-order valence-corrected chi connectivity index (χ4v) is 2.20. The van der Waals surface area contributed by atoms with Crippen LogP contribution in [-0.4, -0.2) is 35.4 Å². The highest BCUT2D eigenvalue weighted by atomic mass is 32.2. The SMILES string of the molecule is CC(=O)N1Cc2nc(S(C)(=O)=O)[nH]c(=O)c2C1. The normalized spacial score (nSPS) is 14.8. The number of sulfone groups is 1. The second-order valence-corrected chi connectivity index (χ2v) is 5.87. The Morgan fingerprint density at radius 1 is 1.41 bits per heavy atom. The number of hydrogen-bond acceptors (Lipinski definition) is 5. The zero-order valence-corrected chi connectivity index (χ0v) is 10.2. The molecule has 0 unspecified atom stereocenters. The molecular formula is C9H11N3O4S. The van der Waals surface area contributed by atoms with E-state index in [0.717, 1.165) is 6.26 Å². The minimum Gasteiger partial charge on any atom is -0.332 e. The second kappa shape index (κ2) is 3.66. The number of rotatable bonds is 1. The predicted molar refractivity (Wildman–Crippen MR) is 57.9 cm³/mol. The summed E-state index contributed by atoms with van der Waals surface area (Å²) < 4.78 is 22.6. The number of nitrogens with zero attached hydrogens (tertiary/aromatic N) is 2. The first-order chi connectivity index (χ1) is 7.79. The average Bonchev–Trinajstić information content (AvgIpc) is 2.60. The average molecular weight is 257 g/mol. The summed E-state index contributed by atoms with van der Waals surface area (Å²) in [5.41, 5.74) is 0.205. The number of carbonyl (C=O) groups is 1. The van der Waals surface area contributed by atoms with Crippen LogP contribution in [0.4, 0.5) is 0 Å². The lowest BCUT2D eigenvalue weighted by Crippen LogP contribution is -2.23. The summed E-state index contributed by atoms with van der Waals surface area (Å²) in [4.78, 5) is 30.3. The van der Waals surface area contributed by atoms with Crippen LogP contribution in [0.25, 0.3) is 0 Å². The lowest BCUT2D eigenvalue weighted by atomic mass is 10.3. The van der Waals surface area contributed by atoms with Gasteiger partial charge in [-0.15, -0.1) is 0 Å². The highest BCUT2D eigenvalue weighted by molar-refractivity contribution is 7.90. The molecule has 0 spiro atoms. The molecule has 1 N–H and O–H groups in total. The molecule has 0 radical (unpaired) electrons. The van der Waals surface area contributed by atoms with Crippen LogP contribution >= 0.6 is 0 Å². The van der Waals surface area contributed by atoms with Crippen LogP contribution in [0.1, 0.15) is 18.2 Å². The van der Waals surface area contributed by atoms with Crippen molar-refractivity contribution >= 4 is 15.7 Å². The molecule has 1 aliphatic heterocycles. The summed E-state index contributed by atoms with van der Waals surface area (Å²) >= 11 is 0. The number of nitrogens with one attached hydrogen (secondary N) is 1. The molecule has 1 amide bonds. The van der Waals surface area contributed by atoms with E-state index in [0.29, 0.717) is 11.3 Å². The van der Waals surface area contributed by atoms with Crippen molar-refractivity contribution in [1.29, 1.82) is 0 Å². The van der Waals surface area contributed by atoms with Gasteiger partial charge in [-0.1, -0.05) is 0 Å². The third kappa shape index (κ3) is 2.07. The topological polar surface area (TPSA) is 100 Å². The van der Waals surface area contributed by atoms with Crippen LogP contribution in [0.2, 0.25) is 0 Å². The van der Waals surface area contributed by atoms with E-state index in [4.69, 9.17) is 0 Å². The Kier molecular flexibility index (Phi) is 2.53. The Labute approximate surface area is 97.4 Å². The van der Waals surface area contributed by atoms with Crippen LogP contribution in [0, 0.1) is 0 Å². The number of fused-ring (bicyclic) bond motifs is 1. The Balaban J connectivity index is 2.54. The number of aromatic nitrogens is 2. The first-order valence-corrected chi connectivity index (χ1v) is 6.76. The van der Waals surface area contributed by atoms with Crippen LogP contribution in [0.3, 0.4) is 0 Å². The van der Waals surface area contributed by atoms with Gasteiger partial charge in [0.05, 0.1) is 24.3 Å². The van der Waals surface area contributed by atoms with Crippen molar-refractivity contribution in [2.75, 3.05) is 6.26 Å². The molecular weight excluding hydrogens is 246 g/mol. The summed E-state index contributed by atoms with van der Waals surface area (Å²) in [6.07, 6.45) is 0.968. The lowest BCUT2D eigenvalue weighted by Gasteiger charge is -2.10. The van der Waals surface area contributed by atoms with Crippen molar-refractivity contribution in [3.63, 3.8) is 0 Å². The van der Waals surface area contributed by atoms with Gasteiger partial charge in [0.2, 0.25) is 20.9 Å².